The Labute approximate surface area is 106 Å². The van der Waals surface area contributed by atoms with Crippen molar-refractivity contribution in [2.45, 2.75) is 19.3 Å². The van der Waals surface area contributed by atoms with Crippen LogP contribution < -0.4 is 5.73 Å². The van der Waals surface area contributed by atoms with Crippen LogP contribution in [0.1, 0.15) is 24.8 Å². The maximum absolute atomic E-state index is 5.81. The van der Waals surface area contributed by atoms with Crippen LogP contribution in [0.15, 0.2) is 36.7 Å². The Kier molecular flexibility index (Phi) is 2.76. The number of pyridine rings is 1. The zero-order valence-electron chi connectivity index (χ0n) is 10.5. The largest absolute Gasteiger partial charge is 0.354 e. The summed E-state index contributed by atoms with van der Waals surface area (Å²) < 4.78 is 0. The highest BCUT2D eigenvalue weighted by Crippen LogP contribution is 2.28. The van der Waals surface area contributed by atoms with E-state index < -0.39 is 0 Å². The molecule has 0 aliphatic rings. The summed E-state index contributed by atoms with van der Waals surface area (Å²) in [6, 6.07) is 8.58. The summed E-state index contributed by atoms with van der Waals surface area (Å²) in [5, 5.41) is 2.41. The predicted octanol–water partition coefficient (Wildman–Crippen LogP) is 3.17. The number of rotatable bonds is 3. The van der Waals surface area contributed by atoms with Crippen molar-refractivity contribution < 1.29 is 0 Å². The lowest BCUT2D eigenvalue weighted by atomic mass is 9.96. The number of fused-ring (bicyclic) bond motifs is 3. The van der Waals surface area contributed by atoms with Gasteiger partial charge >= 0.3 is 0 Å². The normalized spacial score (nSPS) is 13.2. The fourth-order valence-electron chi connectivity index (χ4n) is 2.56. The lowest BCUT2D eigenvalue weighted by Gasteiger charge is -2.12. The van der Waals surface area contributed by atoms with Crippen molar-refractivity contribution >= 4 is 21.8 Å². The molecule has 0 fully saturated rings. The van der Waals surface area contributed by atoms with Crippen molar-refractivity contribution in [3.05, 3.63) is 42.2 Å². The van der Waals surface area contributed by atoms with Gasteiger partial charge in [0.25, 0.3) is 0 Å². The lowest BCUT2D eigenvalue weighted by molar-refractivity contribution is 0.675. The van der Waals surface area contributed by atoms with E-state index in [2.05, 4.69) is 35.1 Å². The summed E-state index contributed by atoms with van der Waals surface area (Å²) in [4.78, 5) is 7.63. The molecule has 0 spiro atoms. The minimum absolute atomic E-state index is 0.443. The van der Waals surface area contributed by atoms with E-state index in [9.17, 15) is 0 Å². The van der Waals surface area contributed by atoms with Gasteiger partial charge in [0.05, 0.1) is 0 Å². The molecule has 0 saturated heterocycles. The Bertz CT molecular complexity index is 680. The topological polar surface area (TPSA) is 54.7 Å². The van der Waals surface area contributed by atoms with Gasteiger partial charge in [-0.25, -0.2) is 0 Å². The molecule has 2 aromatic heterocycles. The summed E-state index contributed by atoms with van der Waals surface area (Å²) >= 11 is 0. The Hall–Kier alpha value is -1.87. The molecule has 0 bridgehead atoms. The number of hydrogen-bond donors (Lipinski definition) is 2. The average molecular weight is 239 g/mol. The fourth-order valence-corrected chi connectivity index (χ4v) is 2.56. The second kappa shape index (κ2) is 4.42. The molecule has 0 saturated carbocycles. The maximum Gasteiger partial charge on any atom is 0.0495 e. The molecule has 1 aromatic carbocycles. The van der Waals surface area contributed by atoms with Gasteiger partial charge in [0.15, 0.2) is 0 Å². The van der Waals surface area contributed by atoms with Gasteiger partial charge in [0, 0.05) is 34.2 Å². The molecule has 0 aliphatic heterocycles. The van der Waals surface area contributed by atoms with Crippen LogP contribution in [0.4, 0.5) is 0 Å². The van der Waals surface area contributed by atoms with Gasteiger partial charge in [-0.15, -0.1) is 0 Å². The molecular formula is C15H17N3. The van der Waals surface area contributed by atoms with Gasteiger partial charge < -0.3 is 10.7 Å². The first-order valence-corrected chi connectivity index (χ1v) is 6.39. The molecule has 3 nitrogen and oxygen atoms in total. The standard InChI is InChI=1S/C15H17N3/c1-2-10(8-16)11-3-4-12-13-9-17-6-5-14(13)18-15(12)7-11/h3-7,9-10,18H,2,8,16H2,1H3. The lowest BCUT2D eigenvalue weighted by Crippen LogP contribution is -2.11. The van der Waals surface area contributed by atoms with E-state index in [0.29, 0.717) is 12.5 Å². The highest BCUT2D eigenvalue weighted by atomic mass is 14.7. The Morgan fingerprint density at radius 3 is 2.89 bits per heavy atom. The molecule has 3 aromatic rings. The average Bonchev–Trinajstić information content (AvgIpc) is 2.78. The van der Waals surface area contributed by atoms with E-state index in [4.69, 9.17) is 5.73 Å². The van der Waals surface area contributed by atoms with Gasteiger partial charge in [-0.05, 0) is 36.6 Å². The van der Waals surface area contributed by atoms with E-state index in [0.717, 1.165) is 11.9 Å². The molecule has 0 aliphatic carbocycles. The van der Waals surface area contributed by atoms with Crippen LogP contribution in [-0.2, 0) is 0 Å². The summed E-state index contributed by atoms with van der Waals surface area (Å²) in [7, 11) is 0. The summed E-state index contributed by atoms with van der Waals surface area (Å²) in [6.45, 7) is 2.88. The minimum Gasteiger partial charge on any atom is -0.354 e. The van der Waals surface area contributed by atoms with Gasteiger partial charge in [-0.2, -0.15) is 0 Å². The number of nitrogens with one attached hydrogen (secondary N) is 1. The third-order valence-electron chi connectivity index (χ3n) is 3.67. The third kappa shape index (κ3) is 1.68. The van der Waals surface area contributed by atoms with E-state index in [-0.39, 0.29) is 0 Å². The predicted molar refractivity (Wildman–Crippen MR) is 75.7 cm³/mol. The van der Waals surface area contributed by atoms with Crippen molar-refractivity contribution in [3.63, 3.8) is 0 Å². The Balaban J connectivity index is 2.21. The highest BCUT2D eigenvalue weighted by molar-refractivity contribution is 6.06. The number of aromatic nitrogens is 2. The van der Waals surface area contributed by atoms with Crippen molar-refractivity contribution in [2.75, 3.05) is 6.54 Å². The number of aromatic amines is 1. The molecule has 3 rings (SSSR count). The molecule has 1 atom stereocenters. The second-order valence-corrected chi connectivity index (χ2v) is 4.69. The van der Waals surface area contributed by atoms with Crippen LogP contribution in [0.2, 0.25) is 0 Å². The van der Waals surface area contributed by atoms with Gasteiger partial charge in [0.2, 0.25) is 0 Å². The molecule has 18 heavy (non-hydrogen) atoms. The zero-order valence-corrected chi connectivity index (χ0v) is 10.5. The molecule has 3 N–H and O–H groups in total. The monoisotopic (exact) mass is 239 g/mol. The number of benzene rings is 1. The van der Waals surface area contributed by atoms with Crippen LogP contribution in [0.3, 0.4) is 0 Å². The van der Waals surface area contributed by atoms with Crippen LogP contribution in [0.5, 0.6) is 0 Å². The molecule has 92 valence electrons. The second-order valence-electron chi connectivity index (χ2n) is 4.69. The Morgan fingerprint density at radius 1 is 1.22 bits per heavy atom. The number of nitrogens with zero attached hydrogens (tertiary/aromatic N) is 1. The quantitative estimate of drug-likeness (QED) is 0.737. The first-order chi connectivity index (χ1) is 8.83. The number of H-pyrrole nitrogens is 1. The van der Waals surface area contributed by atoms with Gasteiger partial charge in [-0.3, -0.25) is 4.98 Å². The summed E-state index contributed by atoms with van der Waals surface area (Å²) in [5.41, 5.74) is 9.43. The van der Waals surface area contributed by atoms with E-state index in [1.807, 2.05) is 18.5 Å². The van der Waals surface area contributed by atoms with Crippen molar-refractivity contribution in [2.24, 2.45) is 5.73 Å². The van der Waals surface area contributed by atoms with Crippen molar-refractivity contribution in [1.29, 1.82) is 0 Å². The number of hydrogen-bond acceptors (Lipinski definition) is 2. The van der Waals surface area contributed by atoms with Gasteiger partial charge in [0.1, 0.15) is 0 Å². The van der Waals surface area contributed by atoms with Gasteiger partial charge in [-0.1, -0.05) is 19.1 Å². The smallest absolute Gasteiger partial charge is 0.0495 e. The molecule has 3 heteroatoms. The first kappa shape index (κ1) is 11.2. The highest BCUT2D eigenvalue weighted by Gasteiger charge is 2.10. The molecule has 0 amide bonds. The Morgan fingerprint density at radius 2 is 2.11 bits per heavy atom. The van der Waals surface area contributed by atoms with Crippen LogP contribution in [-0.4, -0.2) is 16.5 Å². The van der Waals surface area contributed by atoms with Crippen LogP contribution in [0.25, 0.3) is 21.8 Å². The molecular weight excluding hydrogens is 222 g/mol. The summed E-state index contributed by atoms with van der Waals surface area (Å²) in [6.07, 6.45) is 4.80. The fraction of sp³-hybridized carbons (Fsp3) is 0.267. The minimum atomic E-state index is 0.443. The molecule has 2 heterocycles. The van der Waals surface area contributed by atoms with E-state index in [1.54, 1.807) is 0 Å². The third-order valence-corrected chi connectivity index (χ3v) is 3.67. The van der Waals surface area contributed by atoms with Crippen LogP contribution in [0, 0.1) is 0 Å². The number of nitrogens with two attached hydrogens (primary N) is 1. The molecule has 0 radical (unpaired) electrons. The SMILES string of the molecule is CCC(CN)c1ccc2c(c1)[nH]c1ccncc12. The van der Waals surface area contributed by atoms with Crippen LogP contribution >= 0.6 is 0 Å². The zero-order chi connectivity index (χ0) is 12.5. The van der Waals surface area contributed by atoms with Crippen molar-refractivity contribution in [3.8, 4) is 0 Å². The first-order valence-electron chi connectivity index (χ1n) is 6.39. The van der Waals surface area contributed by atoms with Crippen molar-refractivity contribution in [1.82, 2.24) is 9.97 Å². The maximum atomic E-state index is 5.81. The van der Waals surface area contributed by atoms with E-state index >= 15 is 0 Å². The summed E-state index contributed by atoms with van der Waals surface area (Å²) in [5.74, 6) is 0.443. The van der Waals surface area contributed by atoms with E-state index in [1.165, 1.54) is 21.9 Å². The molecule has 1 unspecified atom stereocenters.